The van der Waals surface area contributed by atoms with Gasteiger partial charge < -0.3 is 25.3 Å². The largest absolute Gasteiger partial charge is 0.493 e. The number of hydrogen-bond donors (Lipinski definition) is 2. The summed E-state index contributed by atoms with van der Waals surface area (Å²) in [5, 5.41) is 3.30. The van der Waals surface area contributed by atoms with Gasteiger partial charge in [-0.15, -0.1) is 0 Å². The third-order valence-corrected chi connectivity index (χ3v) is 3.14. The highest BCUT2D eigenvalue weighted by Crippen LogP contribution is 2.40. The van der Waals surface area contributed by atoms with Crippen molar-refractivity contribution in [3.63, 3.8) is 0 Å². The minimum atomic E-state index is -0.364. The van der Waals surface area contributed by atoms with Crippen LogP contribution < -0.4 is 25.3 Å². The van der Waals surface area contributed by atoms with Gasteiger partial charge in [-0.05, 0) is 30.7 Å². The summed E-state index contributed by atoms with van der Waals surface area (Å²) in [6.45, 7) is 2.85. The molecule has 6 nitrogen and oxygen atoms in total. The first-order valence-corrected chi connectivity index (χ1v) is 6.88. The molecule has 0 radical (unpaired) electrons. The summed E-state index contributed by atoms with van der Waals surface area (Å²) < 4.78 is 16.0. The zero-order valence-corrected chi connectivity index (χ0v) is 13.1. The molecular weight excluding hydrogens is 272 g/mol. The van der Waals surface area contributed by atoms with E-state index >= 15 is 0 Å². The Labute approximate surface area is 125 Å². The van der Waals surface area contributed by atoms with Crippen LogP contribution in [0.15, 0.2) is 12.1 Å². The molecule has 3 N–H and O–H groups in total. The molecule has 0 bridgehead atoms. The normalized spacial score (nSPS) is 11.8. The molecule has 21 heavy (non-hydrogen) atoms. The smallest absolute Gasteiger partial charge is 0.219 e. The number of rotatable bonds is 9. The summed E-state index contributed by atoms with van der Waals surface area (Å²) in [7, 11) is 4.67. The van der Waals surface area contributed by atoms with Gasteiger partial charge in [0.05, 0.1) is 21.3 Å². The Morgan fingerprint density at radius 3 is 2.14 bits per heavy atom. The Bertz CT molecular complexity index is 452. The van der Waals surface area contributed by atoms with Gasteiger partial charge in [0.25, 0.3) is 0 Å². The molecule has 0 heterocycles. The van der Waals surface area contributed by atoms with Crippen LogP contribution in [0.2, 0.25) is 0 Å². The molecule has 0 saturated carbocycles. The molecule has 1 rings (SSSR count). The van der Waals surface area contributed by atoms with Crippen molar-refractivity contribution in [3.8, 4) is 17.2 Å². The van der Waals surface area contributed by atoms with Crippen LogP contribution in [0.1, 0.15) is 31.4 Å². The first-order valence-electron chi connectivity index (χ1n) is 6.88. The van der Waals surface area contributed by atoms with Crippen LogP contribution in [0.5, 0.6) is 17.2 Å². The van der Waals surface area contributed by atoms with Crippen molar-refractivity contribution >= 4 is 5.91 Å². The van der Waals surface area contributed by atoms with Crippen LogP contribution in [-0.2, 0) is 4.79 Å². The molecule has 0 aliphatic rings. The van der Waals surface area contributed by atoms with Crippen LogP contribution in [0, 0.1) is 0 Å². The molecule has 0 aromatic heterocycles. The molecule has 118 valence electrons. The highest BCUT2D eigenvalue weighted by molar-refractivity contribution is 5.74. The Kier molecular flexibility index (Phi) is 6.81. The van der Waals surface area contributed by atoms with Gasteiger partial charge in [-0.25, -0.2) is 0 Å². The Hall–Kier alpha value is -1.95. The molecule has 1 aromatic rings. The van der Waals surface area contributed by atoms with E-state index in [4.69, 9.17) is 19.9 Å². The lowest BCUT2D eigenvalue weighted by atomic mass is 10.0. The van der Waals surface area contributed by atoms with Crippen molar-refractivity contribution in [2.24, 2.45) is 5.73 Å². The molecule has 0 aliphatic carbocycles. The highest BCUT2D eigenvalue weighted by Gasteiger charge is 2.19. The average molecular weight is 296 g/mol. The molecule has 6 heteroatoms. The fraction of sp³-hybridized carbons (Fsp3) is 0.533. The predicted molar refractivity (Wildman–Crippen MR) is 80.9 cm³/mol. The van der Waals surface area contributed by atoms with Gasteiger partial charge in [-0.3, -0.25) is 4.79 Å². The van der Waals surface area contributed by atoms with E-state index in [-0.39, 0.29) is 18.4 Å². The predicted octanol–water partition coefficient (Wildman–Crippen LogP) is 1.63. The summed E-state index contributed by atoms with van der Waals surface area (Å²) in [5.41, 5.74) is 6.21. The van der Waals surface area contributed by atoms with Crippen LogP contribution >= 0.6 is 0 Å². The van der Waals surface area contributed by atoms with Crippen molar-refractivity contribution in [2.45, 2.75) is 25.8 Å². The number of hydrogen-bond acceptors (Lipinski definition) is 5. The third kappa shape index (κ3) is 4.53. The summed E-state index contributed by atoms with van der Waals surface area (Å²) in [4.78, 5) is 11.3. The van der Waals surface area contributed by atoms with Gasteiger partial charge in [-0.1, -0.05) is 6.92 Å². The van der Waals surface area contributed by atoms with Crippen molar-refractivity contribution in [2.75, 3.05) is 27.9 Å². The SMILES string of the molecule is CCCNC(CC(N)=O)c1cc(OC)c(OC)c(OC)c1. The van der Waals surface area contributed by atoms with Crippen LogP contribution in [0.3, 0.4) is 0 Å². The molecule has 1 unspecified atom stereocenters. The van der Waals surface area contributed by atoms with E-state index in [2.05, 4.69) is 12.2 Å². The molecule has 1 amide bonds. The van der Waals surface area contributed by atoms with Crippen molar-refractivity contribution < 1.29 is 19.0 Å². The van der Waals surface area contributed by atoms with E-state index in [1.807, 2.05) is 12.1 Å². The molecule has 0 fully saturated rings. The van der Waals surface area contributed by atoms with E-state index in [9.17, 15) is 4.79 Å². The van der Waals surface area contributed by atoms with Gasteiger partial charge in [0.2, 0.25) is 11.7 Å². The fourth-order valence-electron chi connectivity index (χ4n) is 2.13. The maximum Gasteiger partial charge on any atom is 0.219 e. The van der Waals surface area contributed by atoms with Crippen LogP contribution in [0.4, 0.5) is 0 Å². The number of nitrogens with two attached hydrogens (primary N) is 1. The second-order valence-corrected chi connectivity index (χ2v) is 4.64. The van der Waals surface area contributed by atoms with E-state index in [0.29, 0.717) is 17.2 Å². The van der Waals surface area contributed by atoms with E-state index in [1.54, 1.807) is 21.3 Å². The summed E-state index contributed by atoms with van der Waals surface area (Å²) >= 11 is 0. The maximum atomic E-state index is 11.3. The molecule has 0 aliphatic heterocycles. The average Bonchev–Trinajstić information content (AvgIpc) is 2.49. The molecule has 0 saturated heterocycles. The Morgan fingerprint density at radius 2 is 1.76 bits per heavy atom. The number of nitrogens with one attached hydrogen (secondary N) is 1. The third-order valence-electron chi connectivity index (χ3n) is 3.14. The van der Waals surface area contributed by atoms with E-state index in [1.165, 1.54) is 0 Å². The first kappa shape index (κ1) is 17.1. The van der Waals surface area contributed by atoms with Gasteiger partial charge in [0.1, 0.15) is 0 Å². The monoisotopic (exact) mass is 296 g/mol. The number of amides is 1. The zero-order chi connectivity index (χ0) is 15.8. The topological polar surface area (TPSA) is 82.8 Å². The molecule has 0 spiro atoms. The lowest BCUT2D eigenvalue weighted by molar-refractivity contribution is -0.118. The van der Waals surface area contributed by atoms with Gasteiger partial charge in [0, 0.05) is 12.5 Å². The molecular formula is C15H24N2O4. The lowest BCUT2D eigenvalue weighted by Gasteiger charge is -2.20. The Balaban J connectivity index is 3.20. The summed E-state index contributed by atoms with van der Waals surface area (Å²) in [5.74, 6) is 1.27. The summed E-state index contributed by atoms with van der Waals surface area (Å²) in [6, 6.07) is 3.48. The highest BCUT2D eigenvalue weighted by atomic mass is 16.5. The second-order valence-electron chi connectivity index (χ2n) is 4.64. The minimum absolute atomic E-state index is 0.184. The fourth-order valence-corrected chi connectivity index (χ4v) is 2.13. The number of benzene rings is 1. The van der Waals surface area contributed by atoms with Gasteiger partial charge in [0.15, 0.2) is 11.5 Å². The molecule has 1 aromatic carbocycles. The lowest BCUT2D eigenvalue weighted by Crippen LogP contribution is -2.27. The number of primary amides is 1. The zero-order valence-electron chi connectivity index (χ0n) is 13.1. The van der Waals surface area contributed by atoms with E-state index < -0.39 is 0 Å². The minimum Gasteiger partial charge on any atom is -0.493 e. The van der Waals surface area contributed by atoms with Gasteiger partial charge >= 0.3 is 0 Å². The number of carbonyl (C=O) groups excluding carboxylic acids is 1. The number of methoxy groups -OCH3 is 3. The Morgan fingerprint density at radius 1 is 1.19 bits per heavy atom. The maximum absolute atomic E-state index is 11.3. The van der Waals surface area contributed by atoms with Crippen LogP contribution in [-0.4, -0.2) is 33.8 Å². The molecule has 1 atom stereocenters. The quantitative estimate of drug-likeness (QED) is 0.723. The number of carbonyl (C=O) groups is 1. The van der Waals surface area contributed by atoms with Crippen molar-refractivity contribution in [3.05, 3.63) is 17.7 Å². The second kappa shape index (κ2) is 8.36. The summed E-state index contributed by atoms with van der Waals surface area (Å²) in [6.07, 6.45) is 1.17. The van der Waals surface area contributed by atoms with Crippen molar-refractivity contribution in [1.29, 1.82) is 0 Å². The van der Waals surface area contributed by atoms with Crippen molar-refractivity contribution in [1.82, 2.24) is 5.32 Å². The standard InChI is InChI=1S/C15H24N2O4/c1-5-6-17-11(9-14(16)18)10-7-12(19-2)15(21-4)13(8-10)20-3/h7-8,11,17H,5-6,9H2,1-4H3,(H2,16,18). The first-order chi connectivity index (χ1) is 10.1. The number of ether oxygens (including phenoxy) is 3. The van der Waals surface area contributed by atoms with E-state index in [0.717, 1.165) is 18.5 Å². The van der Waals surface area contributed by atoms with Gasteiger partial charge in [-0.2, -0.15) is 0 Å². The van der Waals surface area contributed by atoms with Crippen LogP contribution in [0.25, 0.3) is 0 Å².